The van der Waals surface area contributed by atoms with Crippen LogP contribution in [-0.4, -0.2) is 32.5 Å². The van der Waals surface area contributed by atoms with E-state index in [1.54, 1.807) is 0 Å². The van der Waals surface area contributed by atoms with Crippen LogP contribution in [0.2, 0.25) is 0 Å². The van der Waals surface area contributed by atoms with Crippen molar-refractivity contribution in [1.82, 2.24) is 19.4 Å². The average molecular weight is 455 g/mol. The largest absolute Gasteiger partial charge is 0.444 e. The molecule has 1 saturated carbocycles. The number of hydrogen-bond donors (Lipinski definition) is 0. The van der Waals surface area contributed by atoms with Gasteiger partial charge in [-0.1, -0.05) is 56.4 Å². The zero-order valence-electron chi connectivity index (χ0n) is 20.0. The smallest absolute Gasteiger partial charge is 0.226 e. The van der Waals surface area contributed by atoms with E-state index in [1.165, 1.54) is 70.0 Å². The van der Waals surface area contributed by atoms with Gasteiger partial charge in [-0.3, -0.25) is 4.90 Å². The Balaban J connectivity index is 1.23. The molecule has 2 aromatic carbocycles. The number of nitrogens with zero attached hydrogens (tertiary/aromatic N) is 4. The van der Waals surface area contributed by atoms with Crippen molar-refractivity contribution in [1.29, 1.82) is 0 Å². The molecule has 2 aliphatic rings. The minimum absolute atomic E-state index is 0.701. The van der Waals surface area contributed by atoms with Gasteiger partial charge in [0.25, 0.3) is 0 Å². The highest BCUT2D eigenvalue weighted by Gasteiger charge is 2.18. The first-order valence-electron chi connectivity index (χ1n) is 13.1. The molecule has 0 bridgehead atoms. The molecular weight excluding hydrogens is 420 g/mol. The molecule has 0 radical (unpaired) electrons. The van der Waals surface area contributed by atoms with Crippen LogP contribution < -0.4 is 0 Å². The zero-order chi connectivity index (χ0) is 22.7. The summed E-state index contributed by atoms with van der Waals surface area (Å²) in [5.41, 5.74) is 5.49. The molecule has 0 atom stereocenters. The summed E-state index contributed by atoms with van der Waals surface area (Å²) in [5, 5.41) is 0. The van der Waals surface area contributed by atoms with Gasteiger partial charge in [0.1, 0.15) is 12.1 Å². The quantitative estimate of drug-likeness (QED) is 0.304. The van der Waals surface area contributed by atoms with Crippen LogP contribution >= 0.6 is 0 Å². The van der Waals surface area contributed by atoms with Gasteiger partial charge in [0.05, 0.1) is 16.7 Å². The lowest BCUT2D eigenvalue weighted by molar-refractivity contribution is 0.326. The fourth-order valence-corrected chi connectivity index (χ4v) is 5.75. The number of benzene rings is 2. The number of imidazole rings is 1. The average Bonchev–Trinajstić information content (AvgIpc) is 3.64. The molecule has 4 aromatic rings. The Kier molecular flexibility index (Phi) is 6.19. The summed E-state index contributed by atoms with van der Waals surface area (Å²) in [6, 6.07) is 17.1. The Bertz CT molecular complexity index is 1230. The second kappa shape index (κ2) is 9.75. The van der Waals surface area contributed by atoms with Gasteiger partial charge >= 0.3 is 0 Å². The normalized spacial score (nSPS) is 17.6. The van der Waals surface area contributed by atoms with E-state index in [4.69, 9.17) is 14.4 Å². The van der Waals surface area contributed by atoms with Crippen LogP contribution in [0, 0.1) is 5.92 Å². The van der Waals surface area contributed by atoms with E-state index in [0.717, 1.165) is 47.2 Å². The lowest BCUT2D eigenvalue weighted by Crippen LogP contribution is -2.18. The SMILES string of the molecule is c1ccc2c(c1)nc(-c1ccc(-c3nc(CN4CCCC4)co3)cc1)n2CCC1CCCCC1. The van der Waals surface area contributed by atoms with Crippen molar-refractivity contribution in [3.63, 3.8) is 0 Å². The molecule has 5 nitrogen and oxygen atoms in total. The van der Waals surface area contributed by atoms with Gasteiger partial charge in [-0.25, -0.2) is 9.97 Å². The van der Waals surface area contributed by atoms with E-state index in [9.17, 15) is 0 Å². The van der Waals surface area contributed by atoms with Crippen molar-refractivity contribution >= 4 is 11.0 Å². The molecule has 2 aromatic heterocycles. The molecule has 1 aliphatic heterocycles. The first kappa shape index (κ1) is 21.6. The topological polar surface area (TPSA) is 47.1 Å². The van der Waals surface area contributed by atoms with Crippen LogP contribution in [0.15, 0.2) is 59.2 Å². The second-order valence-electron chi connectivity index (χ2n) is 10.1. The van der Waals surface area contributed by atoms with Crippen molar-refractivity contribution in [2.24, 2.45) is 5.92 Å². The predicted octanol–water partition coefficient (Wildman–Crippen LogP) is 6.92. The summed E-state index contributed by atoms with van der Waals surface area (Å²) in [6.07, 6.45) is 12.6. The number of aryl methyl sites for hydroxylation is 1. The molecule has 34 heavy (non-hydrogen) atoms. The van der Waals surface area contributed by atoms with Gasteiger partial charge in [0, 0.05) is 24.2 Å². The standard InChI is InChI=1S/C29H34N4O/c1-2-8-22(9-3-1)16-19-33-27-11-5-4-10-26(27)31-28(33)23-12-14-24(15-13-23)29-30-25(21-34-29)20-32-17-6-7-18-32/h4-5,10-15,21-22H,1-3,6-9,16-20H2. The van der Waals surface area contributed by atoms with E-state index in [0.29, 0.717) is 5.89 Å². The number of fused-ring (bicyclic) bond motifs is 1. The molecular formula is C29H34N4O. The van der Waals surface area contributed by atoms with Crippen molar-refractivity contribution in [2.75, 3.05) is 13.1 Å². The van der Waals surface area contributed by atoms with Gasteiger partial charge in [0.2, 0.25) is 5.89 Å². The number of aromatic nitrogens is 3. The van der Waals surface area contributed by atoms with Crippen molar-refractivity contribution < 1.29 is 4.42 Å². The van der Waals surface area contributed by atoms with Gasteiger partial charge in [-0.15, -0.1) is 0 Å². The maximum absolute atomic E-state index is 5.83. The summed E-state index contributed by atoms with van der Waals surface area (Å²) in [5.74, 6) is 2.61. The Hall–Kier alpha value is -2.92. The number of oxazole rings is 1. The second-order valence-corrected chi connectivity index (χ2v) is 10.1. The van der Waals surface area contributed by atoms with Crippen molar-refractivity contribution in [2.45, 2.75) is 64.5 Å². The molecule has 0 unspecified atom stereocenters. The predicted molar refractivity (Wildman–Crippen MR) is 136 cm³/mol. The Labute approximate surface area is 201 Å². The third-order valence-corrected chi connectivity index (χ3v) is 7.67. The summed E-state index contributed by atoms with van der Waals surface area (Å²) < 4.78 is 8.25. The summed E-state index contributed by atoms with van der Waals surface area (Å²) >= 11 is 0. The maximum atomic E-state index is 5.83. The van der Waals surface area contributed by atoms with Crippen LogP contribution in [0.5, 0.6) is 0 Å². The zero-order valence-corrected chi connectivity index (χ0v) is 20.0. The van der Waals surface area contributed by atoms with Crippen LogP contribution in [0.3, 0.4) is 0 Å². The summed E-state index contributed by atoms with van der Waals surface area (Å²) in [6.45, 7) is 4.24. The molecule has 0 spiro atoms. The summed E-state index contributed by atoms with van der Waals surface area (Å²) in [4.78, 5) is 12.2. The van der Waals surface area contributed by atoms with Gasteiger partial charge in [-0.05, 0) is 62.5 Å². The van der Waals surface area contributed by atoms with Crippen LogP contribution in [0.4, 0.5) is 0 Å². The van der Waals surface area contributed by atoms with Crippen LogP contribution in [-0.2, 0) is 13.1 Å². The van der Waals surface area contributed by atoms with Gasteiger partial charge < -0.3 is 8.98 Å². The Morgan fingerprint density at radius 1 is 0.824 bits per heavy atom. The van der Waals surface area contributed by atoms with E-state index in [-0.39, 0.29) is 0 Å². The van der Waals surface area contributed by atoms with Gasteiger partial charge in [-0.2, -0.15) is 0 Å². The number of para-hydroxylation sites is 2. The minimum Gasteiger partial charge on any atom is -0.444 e. The maximum Gasteiger partial charge on any atom is 0.226 e. The lowest BCUT2D eigenvalue weighted by atomic mass is 9.87. The van der Waals surface area contributed by atoms with E-state index in [1.807, 2.05) is 6.26 Å². The molecule has 0 N–H and O–H groups in total. The monoisotopic (exact) mass is 454 g/mol. The molecule has 5 heteroatoms. The first-order valence-corrected chi connectivity index (χ1v) is 13.1. The highest BCUT2D eigenvalue weighted by Crippen LogP contribution is 2.31. The Morgan fingerprint density at radius 2 is 1.59 bits per heavy atom. The fraction of sp³-hybridized carbons (Fsp3) is 0.448. The van der Waals surface area contributed by atoms with Crippen LogP contribution in [0.1, 0.15) is 57.1 Å². The van der Waals surface area contributed by atoms with Crippen molar-refractivity contribution in [3.8, 4) is 22.8 Å². The van der Waals surface area contributed by atoms with E-state index in [2.05, 4.69) is 58.0 Å². The minimum atomic E-state index is 0.701. The Morgan fingerprint density at radius 3 is 2.41 bits per heavy atom. The highest BCUT2D eigenvalue weighted by molar-refractivity contribution is 5.81. The number of rotatable bonds is 7. The highest BCUT2D eigenvalue weighted by atomic mass is 16.3. The van der Waals surface area contributed by atoms with Gasteiger partial charge in [0.15, 0.2) is 0 Å². The lowest BCUT2D eigenvalue weighted by Gasteiger charge is -2.22. The van der Waals surface area contributed by atoms with E-state index >= 15 is 0 Å². The molecule has 0 amide bonds. The third-order valence-electron chi connectivity index (χ3n) is 7.67. The molecule has 176 valence electrons. The molecule has 1 aliphatic carbocycles. The summed E-state index contributed by atoms with van der Waals surface area (Å²) in [7, 11) is 0. The molecule has 1 saturated heterocycles. The molecule has 6 rings (SSSR count). The fourth-order valence-electron chi connectivity index (χ4n) is 5.75. The molecule has 3 heterocycles. The molecule has 2 fully saturated rings. The number of hydrogen-bond acceptors (Lipinski definition) is 4. The van der Waals surface area contributed by atoms with E-state index < -0.39 is 0 Å². The van der Waals surface area contributed by atoms with Crippen molar-refractivity contribution in [3.05, 3.63) is 60.5 Å². The first-order chi connectivity index (χ1) is 16.8. The number of likely N-dealkylation sites (tertiary alicyclic amines) is 1. The van der Waals surface area contributed by atoms with Crippen LogP contribution in [0.25, 0.3) is 33.9 Å². The third kappa shape index (κ3) is 4.54.